The zero-order valence-corrected chi connectivity index (χ0v) is 17.0. The van der Waals surface area contributed by atoms with Crippen LogP contribution < -0.4 is 20.7 Å². The van der Waals surface area contributed by atoms with Crippen LogP contribution in [0.3, 0.4) is 0 Å². The van der Waals surface area contributed by atoms with Gasteiger partial charge < -0.3 is 29.5 Å². The zero-order chi connectivity index (χ0) is 22.9. The van der Waals surface area contributed by atoms with Crippen LogP contribution in [-0.4, -0.2) is 23.8 Å². The minimum Gasteiger partial charge on any atom is -0.496 e. The van der Waals surface area contributed by atoms with Gasteiger partial charge in [0.05, 0.1) is 43.7 Å². The second-order valence-corrected chi connectivity index (χ2v) is 6.37. The van der Waals surface area contributed by atoms with Crippen molar-refractivity contribution in [1.29, 1.82) is 0 Å². The Labute approximate surface area is 182 Å². The number of ether oxygens (including phenoxy) is 1. The van der Waals surface area contributed by atoms with Crippen molar-refractivity contribution in [3.8, 4) is 5.75 Å². The largest absolute Gasteiger partial charge is 0.496 e. The van der Waals surface area contributed by atoms with Gasteiger partial charge in [0.15, 0.2) is 0 Å². The third kappa shape index (κ3) is 5.75. The van der Waals surface area contributed by atoms with Gasteiger partial charge in [-0.3, -0.25) is 19.7 Å². The molecule has 11 heteroatoms. The molecule has 32 heavy (non-hydrogen) atoms. The van der Waals surface area contributed by atoms with Gasteiger partial charge in [-0.2, -0.15) is 0 Å². The molecule has 1 aromatic carbocycles. The highest BCUT2D eigenvalue weighted by Gasteiger charge is 2.20. The number of anilines is 1. The van der Waals surface area contributed by atoms with E-state index in [1.807, 2.05) is 0 Å². The van der Waals surface area contributed by atoms with Crippen molar-refractivity contribution in [3.63, 3.8) is 0 Å². The summed E-state index contributed by atoms with van der Waals surface area (Å²) in [5.74, 6) is -0.136. The van der Waals surface area contributed by atoms with Crippen LogP contribution in [0.1, 0.15) is 11.5 Å². The Morgan fingerprint density at radius 3 is 2.09 bits per heavy atom. The average Bonchev–Trinajstić information content (AvgIpc) is 3.50. The minimum atomic E-state index is -0.706. The third-order valence-corrected chi connectivity index (χ3v) is 4.27. The number of methoxy groups -OCH3 is 1. The molecule has 0 aliphatic heterocycles. The molecule has 3 aromatic rings. The van der Waals surface area contributed by atoms with E-state index in [2.05, 4.69) is 16.0 Å². The Hall–Kier alpha value is -4.54. The number of amides is 2. The second-order valence-electron chi connectivity index (χ2n) is 6.37. The lowest BCUT2D eigenvalue weighted by Crippen LogP contribution is -2.34. The number of hydrogen-bond donors (Lipinski definition) is 3. The van der Waals surface area contributed by atoms with Gasteiger partial charge in [0.25, 0.3) is 17.5 Å². The predicted octanol–water partition coefficient (Wildman–Crippen LogP) is 2.72. The molecule has 0 bridgehead atoms. The first kappa shape index (κ1) is 22.2. The van der Waals surface area contributed by atoms with E-state index in [9.17, 15) is 19.7 Å². The van der Waals surface area contributed by atoms with Crippen molar-refractivity contribution >= 4 is 23.2 Å². The highest BCUT2D eigenvalue weighted by atomic mass is 16.6. The third-order valence-electron chi connectivity index (χ3n) is 4.27. The summed E-state index contributed by atoms with van der Waals surface area (Å²) in [7, 11) is 1.39. The number of furan rings is 2. The van der Waals surface area contributed by atoms with Gasteiger partial charge >= 0.3 is 0 Å². The van der Waals surface area contributed by atoms with E-state index in [4.69, 9.17) is 13.6 Å². The number of nitro benzene ring substituents is 1. The fourth-order valence-electron chi connectivity index (χ4n) is 2.65. The average molecular weight is 440 g/mol. The Bertz CT molecular complexity index is 1050. The highest BCUT2D eigenvalue weighted by Crippen LogP contribution is 2.29. The first-order valence-corrected chi connectivity index (χ1v) is 9.38. The van der Waals surface area contributed by atoms with Crippen molar-refractivity contribution in [1.82, 2.24) is 10.6 Å². The molecule has 11 nitrogen and oxygen atoms in total. The normalized spacial score (nSPS) is 10.2. The first-order chi connectivity index (χ1) is 15.5. The molecule has 0 aliphatic rings. The summed E-state index contributed by atoms with van der Waals surface area (Å²) in [4.78, 5) is 36.1. The molecule has 0 saturated heterocycles. The van der Waals surface area contributed by atoms with Gasteiger partial charge in [-0.15, -0.1) is 0 Å². The summed E-state index contributed by atoms with van der Waals surface area (Å²) < 4.78 is 15.3. The number of nitrogens with zero attached hydrogens (tertiary/aromatic N) is 1. The predicted molar refractivity (Wildman–Crippen MR) is 112 cm³/mol. The molecule has 0 radical (unpaired) electrons. The molecule has 2 aromatic heterocycles. The fourth-order valence-corrected chi connectivity index (χ4v) is 2.65. The van der Waals surface area contributed by atoms with Gasteiger partial charge in [-0.05, 0) is 36.4 Å². The monoisotopic (exact) mass is 440 g/mol. The lowest BCUT2D eigenvalue weighted by Gasteiger charge is -2.10. The van der Waals surface area contributed by atoms with Crippen molar-refractivity contribution < 1.29 is 28.1 Å². The zero-order valence-electron chi connectivity index (χ0n) is 17.0. The van der Waals surface area contributed by atoms with Crippen LogP contribution in [0, 0.1) is 10.1 Å². The number of nitro groups is 1. The van der Waals surface area contributed by atoms with Crippen LogP contribution >= 0.6 is 0 Å². The van der Waals surface area contributed by atoms with Crippen LogP contribution in [0.2, 0.25) is 0 Å². The highest BCUT2D eigenvalue weighted by molar-refractivity contribution is 6.18. The Morgan fingerprint density at radius 2 is 1.62 bits per heavy atom. The molecule has 2 heterocycles. The van der Waals surface area contributed by atoms with Crippen molar-refractivity contribution in [3.05, 3.63) is 88.4 Å². The molecule has 0 aliphatic carbocycles. The van der Waals surface area contributed by atoms with E-state index in [1.165, 1.54) is 37.8 Å². The molecule has 0 unspecified atom stereocenters. The van der Waals surface area contributed by atoms with Gasteiger partial charge in [0, 0.05) is 6.20 Å². The van der Waals surface area contributed by atoms with Crippen molar-refractivity contribution in [2.45, 2.75) is 13.1 Å². The summed E-state index contributed by atoms with van der Waals surface area (Å²) in [5, 5.41) is 19.2. The molecule has 0 saturated carbocycles. The molecule has 3 rings (SSSR count). The molecule has 3 N–H and O–H groups in total. The van der Waals surface area contributed by atoms with E-state index in [0.717, 1.165) is 6.20 Å². The maximum absolute atomic E-state index is 12.7. The summed E-state index contributed by atoms with van der Waals surface area (Å²) in [6.07, 6.45) is 4.01. The van der Waals surface area contributed by atoms with E-state index < -0.39 is 16.7 Å². The maximum atomic E-state index is 12.7. The molecule has 2 amide bonds. The summed E-state index contributed by atoms with van der Waals surface area (Å²) >= 11 is 0. The van der Waals surface area contributed by atoms with Crippen LogP contribution in [0.25, 0.3) is 0 Å². The van der Waals surface area contributed by atoms with Gasteiger partial charge in [0.1, 0.15) is 28.5 Å². The van der Waals surface area contributed by atoms with Gasteiger partial charge in [0.2, 0.25) is 0 Å². The molecule has 0 spiro atoms. The fraction of sp³-hybridized carbons (Fsp3) is 0.143. The molecule has 0 atom stereocenters. The maximum Gasteiger partial charge on any atom is 0.296 e. The molecular weight excluding hydrogens is 420 g/mol. The number of carbonyl (C=O) groups excluding carboxylic acids is 2. The quantitative estimate of drug-likeness (QED) is 0.143. The smallest absolute Gasteiger partial charge is 0.296 e. The number of carbonyl (C=O) groups is 2. The van der Waals surface area contributed by atoms with Crippen molar-refractivity contribution in [2.24, 2.45) is 0 Å². The summed E-state index contributed by atoms with van der Waals surface area (Å²) in [6, 6.07) is 10.8. The summed E-state index contributed by atoms with van der Waals surface area (Å²) in [5.41, 5.74) is -0.508. The topological polar surface area (TPSA) is 149 Å². The summed E-state index contributed by atoms with van der Waals surface area (Å²) in [6.45, 7) is 0.106. The second kappa shape index (κ2) is 10.5. The Balaban J connectivity index is 1.80. The molecule has 166 valence electrons. The van der Waals surface area contributed by atoms with Crippen LogP contribution in [0.5, 0.6) is 5.75 Å². The number of benzene rings is 1. The number of hydrogen-bond acceptors (Lipinski definition) is 8. The van der Waals surface area contributed by atoms with Crippen molar-refractivity contribution in [2.75, 3.05) is 12.4 Å². The standard InChI is InChI=1S/C21H20N4O7/c1-30-14-6-7-18(19(10-14)25(28)29)22-13-17(20(26)23-11-15-4-2-8-31-15)21(27)24-12-16-5-3-9-32-16/h2-10,13,22H,11-12H2,1H3,(H,23,26)(H,24,27). The van der Waals surface area contributed by atoms with E-state index in [0.29, 0.717) is 17.3 Å². The molecular formula is C21H20N4O7. The minimum absolute atomic E-state index is 0.0529. The van der Waals surface area contributed by atoms with E-state index in [1.54, 1.807) is 24.3 Å². The lowest BCUT2D eigenvalue weighted by atomic mass is 10.2. The SMILES string of the molecule is COc1ccc(NC=C(C(=O)NCc2ccco2)C(=O)NCc2ccco2)c([N+](=O)[O-])c1. The van der Waals surface area contributed by atoms with Crippen LogP contribution in [0.15, 0.2) is 75.6 Å². The first-order valence-electron chi connectivity index (χ1n) is 9.38. The van der Waals surface area contributed by atoms with Gasteiger partial charge in [-0.25, -0.2) is 0 Å². The van der Waals surface area contributed by atoms with E-state index in [-0.39, 0.29) is 30.0 Å². The Morgan fingerprint density at radius 1 is 1.03 bits per heavy atom. The van der Waals surface area contributed by atoms with Crippen LogP contribution in [-0.2, 0) is 22.7 Å². The van der Waals surface area contributed by atoms with Crippen LogP contribution in [0.4, 0.5) is 11.4 Å². The van der Waals surface area contributed by atoms with E-state index >= 15 is 0 Å². The lowest BCUT2D eigenvalue weighted by molar-refractivity contribution is -0.384. The number of nitrogens with one attached hydrogen (secondary N) is 3. The Kier molecular flexibility index (Phi) is 7.25. The molecule has 0 fully saturated rings. The van der Waals surface area contributed by atoms with Gasteiger partial charge in [-0.1, -0.05) is 0 Å². The number of rotatable bonds is 10.